The number of nitrogens with two attached hydrogens (primary N) is 1. The first-order valence-corrected chi connectivity index (χ1v) is 8.90. The lowest BCUT2D eigenvalue weighted by Gasteiger charge is -2.25. The van der Waals surface area contributed by atoms with Crippen LogP contribution in [0.4, 0.5) is 11.6 Å². The maximum atomic E-state index is 10.2. The van der Waals surface area contributed by atoms with Gasteiger partial charge in [-0.3, -0.25) is 0 Å². The molecule has 1 aromatic heterocycles. The lowest BCUT2D eigenvalue weighted by molar-refractivity contribution is -0.0232. The summed E-state index contributed by atoms with van der Waals surface area (Å²) in [6.45, 7) is 3.43. The van der Waals surface area contributed by atoms with E-state index in [-0.39, 0.29) is 6.61 Å². The van der Waals surface area contributed by atoms with Gasteiger partial charge in [0, 0.05) is 24.9 Å². The Kier molecular flexibility index (Phi) is 6.28. The third-order valence-corrected chi connectivity index (χ3v) is 4.91. The van der Waals surface area contributed by atoms with Gasteiger partial charge in [-0.25, -0.2) is 9.97 Å². The van der Waals surface area contributed by atoms with Crippen molar-refractivity contribution in [1.29, 1.82) is 0 Å². The highest BCUT2D eigenvalue weighted by atomic mass is 32.2. The average molecular weight is 326 g/mol. The molecule has 6 nitrogen and oxygen atoms in total. The second-order valence-corrected chi connectivity index (χ2v) is 6.92. The summed E-state index contributed by atoms with van der Waals surface area (Å²) < 4.78 is 0. The summed E-state index contributed by atoms with van der Waals surface area (Å²) in [5.74, 6) is 2.28. The van der Waals surface area contributed by atoms with E-state index in [0.29, 0.717) is 30.4 Å². The van der Waals surface area contributed by atoms with Crippen LogP contribution < -0.4 is 10.6 Å². The standard InChI is InChI=1S/C15H26N4O2S/c1-2-3-9-22-14-17-12(16)10-13(18-14)19-7-4-5-15(21,11-20)6-8-19/h10,20-21H,2-9,11H2,1H3,(H2,16,17,18)/t15-/m0/s1. The first-order chi connectivity index (χ1) is 10.6. The van der Waals surface area contributed by atoms with E-state index in [1.807, 2.05) is 0 Å². The molecule has 22 heavy (non-hydrogen) atoms. The molecule has 0 unspecified atom stereocenters. The van der Waals surface area contributed by atoms with Crippen LogP contribution in [0.3, 0.4) is 0 Å². The number of aliphatic hydroxyl groups excluding tert-OH is 1. The fourth-order valence-corrected chi connectivity index (χ4v) is 3.47. The Morgan fingerprint density at radius 2 is 2.18 bits per heavy atom. The summed E-state index contributed by atoms with van der Waals surface area (Å²) in [6.07, 6.45) is 4.24. The lowest BCUT2D eigenvalue weighted by Crippen LogP contribution is -2.34. The zero-order valence-electron chi connectivity index (χ0n) is 13.2. The van der Waals surface area contributed by atoms with Crippen LogP contribution >= 0.6 is 11.8 Å². The number of hydrogen-bond acceptors (Lipinski definition) is 7. The van der Waals surface area contributed by atoms with Gasteiger partial charge in [-0.15, -0.1) is 0 Å². The van der Waals surface area contributed by atoms with Crippen molar-refractivity contribution >= 4 is 23.4 Å². The first-order valence-electron chi connectivity index (χ1n) is 7.92. The minimum absolute atomic E-state index is 0.190. The quantitative estimate of drug-likeness (QED) is 0.416. The van der Waals surface area contributed by atoms with Crippen LogP contribution in [0.15, 0.2) is 11.2 Å². The molecule has 1 atom stereocenters. The molecular formula is C15H26N4O2S. The van der Waals surface area contributed by atoms with Crippen molar-refractivity contribution < 1.29 is 10.2 Å². The van der Waals surface area contributed by atoms with E-state index in [1.54, 1.807) is 17.8 Å². The molecule has 1 aromatic rings. The fraction of sp³-hybridized carbons (Fsp3) is 0.733. The van der Waals surface area contributed by atoms with E-state index in [1.165, 1.54) is 0 Å². The number of nitrogens with zero attached hydrogens (tertiary/aromatic N) is 3. The molecule has 0 aromatic carbocycles. The van der Waals surface area contributed by atoms with E-state index in [9.17, 15) is 10.2 Å². The minimum Gasteiger partial charge on any atom is -0.393 e. The van der Waals surface area contributed by atoms with Crippen LogP contribution in [0.25, 0.3) is 0 Å². The highest BCUT2D eigenvalue weighted by Gasteiger charge is 2.29. The Hall–Kier alpha value is -1.05. The van der Waals surface area contributed by atoms with Crippen LogP contribution in [0.1, 0.15) is 39.0 Å². The Labute approximate surface area is 136 Å². The molecule has 4 N–H and O–H groups in total. The molecule has 2 heterocycles. The molecular weight excluding hydrogens is 300 g/mol. The molecule has 124 valence electrons. The van der Waals surface area contributed by atoms with E-state index >= 15 is 0 Å². The highest BCUT2D eigenvalue weighted by molar-refractivity contribution is 7.99. The number of aliphatic hydroxyl groups is 2. The Balaban J connectivity index is 2.07. The molecule has 1 fully saturated rings. The normalized spacial score (nSPS) is 22.6. The van der Waals surface area contributed by atoms with Crippen molar-refractivity contribution in [3.63, 3.8) is 0 Å². The topological polar surface area (TPSA) is 95.5 Å². The lowest BCUT2D eigenvalue weighted by atomic mass is 9.96. The van der Waals surface area contributed by atoms with Gasteiger partial charge in [0.2, 0.25) is 0 Å². The molecule has 2 rings (SSSR count). The van der Waals surface area contributed by atoms with Crippen LogP contribution in [-0.2, 0) is 0 Å². The van der Waals surface area contributed by atoms with Gasteiger partial charge in [-0.2, -0.15) is 0 Å². The molecule has 1 saturated heterocycles. The third-order valence-electron chi connectivity index (χ3n) is 3.98. The molecule has 7 heteroatoms. The van der Waals surface area contributed by atoms with Gasteiger partial charge in [0.25, 0.3) is 0 Å². The first kappa shape index (κ1) is 17.3. The van der Waals surface area contributed by atoms with Crippen LogP contribution in [0.2, 0.25) is 0 Å². The summed E-state index contributed by atoms with van der Waals surface area (Å²) in [5.41, 5.74) is 4.94. The van der Waals surface area contributed by atoms with E-state index in [2.05, 4.69) is 21.8 Å². The van der Waals surface area contributed by atoms with E-state index in [4.69, 9.17) is 5.73 Å². The third kappa shape index (κ3) is 4.72. The van der Waals surface area contributed by atoms with Crippen molar-refractivity contribution in [2.45, 2.75) is 49.8 Å². The molecule has 1 aliphatic rings. The number of rotatable bonds is 6. The van der Waals surface area contributed by atoms with Gasteiger partial charge in [0.05, 0.1) is 12.2 Å². The summed E-state index contributed by atoms with van der Waals surface area (Å²) in [5, 5.41) is 20.3. The number of aromatic nitrogens is 2. The monoisotopic (exact) mass is 326 g/mol. The molecule has 0 amide bonds. The smallest absolute Gasteiger partial charge is 0.191 e. The summed E-state index contributed by atoms with van der Waals surface area (Å²) >= 11 is 1.63. The van der Waals surface area contributed by atoms with E-state index in [0.717, 1.165) is 37.4 Å². The molecule has 0 radical (unpaired) electrons. The molecule has 0 bridgehead atoms. The highest BCUT2D eigenvalue weighted by Crippen LogP contribution is 2.26. The van der Waals surface area contributed by atoms with Crippen molar-refractivity contribution in [1.82, 2.24) is 9.97 Å². The maximum absolute atomic E-state index is 10.2. The number of anilines is 2. The second-order valence-electron chi connectivity index (χ2n) is 5.86. The Morgan fingerprint density at radius 3 is 2.91 bits per heavy atom. The van der Waals surface area contributed by atoms with Gasteiger partial charge in [-0.1, -0.05) is 25.1 Å². The average Bonchev–Trinajstić information content (AvgIpc) is 2.70. The maximum Gasteiger partial charge on any atom is 0.191 e. The van der Waals surface area contributed by atoms with Crippen molar-refractivity contribution in [3.05, 3.63) is 6.07 Å². The molecule has 0 spiro atoms. The zero-order chi connectivity index (χ0) is 16.0. The minimum atomic E-state index is -0.966. The molecule has 0 saturated carbocycles. The van der Waals surface area contributed by atoms with Crippen LogP contribution in [-0.4, -0.2) is 51.2 Å². The van der Waals surface area contributed by atoms with Gasteiger partial charge in [-0.05, 0) is 25.7 Å². The van der Waals surface area contributed by atoms with Gasteiger partial charge < -0.3 is 20.8 Å². The van der Waals surface area contributed by atoms with Crippen molar-refractivity contribution in [2.75, 3.05) is 36.1 Å². The largest absolute Gasteiger partial charge is 0.393 e. The van der Waals surface area contributed by atoms with Crippen molar-refractivity contribution in [2.24, 2.45) is 0 Å². The predicted molar refractivity (Wildman–Crippen MR) is 90.2 cm³/mol. The Bertz CT molecular complexity index is 489. The second kappa shape index (κ2) is 7.99. The predicted octanol–water partition coefficient (Wildman–Crippen LogP) is 1.66. The van der Waals surface area contributed by atoms with Gasteiger partial charge in [0.1, 0.15) is 11.6 Å². The summed E-state index contributed by atoms with van der Waals surface area (Å²) in [7, 11) is 0. The van der Waals surface area contributed by atoms with Crippen LogP contribution in [0.5, 0.6) is 0 Å². The molecule has 0 aliphatic carbocycles. The number of nitrogen functional groups attached to an aromatic ring is 1. The fourth-order valence-electron chi connectivity index (χ4n) is 2.53. The Morgan fingerprint density at radius 1 is 1.36 bits per heavy atom. The molecule has 1 aliphatic heterocycles. The SMILES string of the molecule is CCCCSc1nc(N)cc(N2CCC[C@@](O)(CO)CC2)n1. The zero-order valence-corrected chi connectivity index (χ0v) is 14.0. The number of unbranched alkanes of at least 4 members (excludes halogenated alkanes) is 1. The van der Waals surface area contributed by atoms with Gasteiger partial charge in [0.15, 0.2) is 5.16 Å². The summed E-state index contributed by atoms with van der Waals surface area (Å²) in [4.78, 5) is 11.0. The number of hydrogen-bond donors (Lipinski definition) is 3. The summed E-state index contributed by atoms with van der Waals surface area (Å²) in [6, 6.07) is 1.78. The van der Waals surface area contributed by atoms with Crippen LogP contribution in [0, 0.1) is 0 Å². The van der Waals surface area contributed by atoms with Crippen molar-refractivity contribution in [3.8, 4) is 0 Å². The van der Waals surface area contributed by atoms with E-state index < -0.39 is 5.60 Å². The number of thioether (sulfide) groups is 1. The van der Waals surface area contributed by atoms with Gasteiger partial charge >= 0.3 is 0 Å².